The van der Waals surface area contributed by atoms with Crippen molar-refractivity contribution in [2.45, 2.75) is 43.4 Å². The summed E-state index contributed by atoms with van der Waals surface area (Å²) >= 11 is 0. The highest BCUT2D eigenvalue weighted by Crippen LogP contribution is 2.57. The summed E-state index contributed by atoms with van der Waals surface area (Å²) in [4.78, 5) is 2.39. The van der Waals surface area contributed by atoms with E-state index in [2.05, 4.69) is 31.0 Å². The van der Waals surface area contributed by atoms with Crippen molar-refractivity contribution < 1.29 is 14.6 Å². The maximum atomic E-state index is 10.0. The summed E-state index contributed by atoms with van der Waals surface area (Å²) < 4.78 is 11.8. The van der Waals surface area contributed by atoms with E-state index in [1.807, 2.05) is 12.1 Å². The van der Waals surface area contributed by atoms with E-state index in [1.165, 1.54) is 11.1 Å². The highest BCUT2D eigenvalue weighted by atomic mass is 16.5. The Morgan fingerprint density at radius 1 is 1.41 bits per heavy atom. The van der Waals surface area contributed by atoms with Crippen molar-refractivity contribution >= 4 is 0 Å². The molecule has 2 aliphatic heterocycles. The highest BCUT2D eigenvalue weighted by Gasteiger charge is 2.53. The Bertz CT molecular complexity index is 641. The third-order valence-electron chi connectivity index (χ3n) is 5.73. The highest BCUT2D eigenvalue weighted by molar-refractivity contribution is 5.61. The third-order valence-corrected chi connectivity index (χ3v) is 5.73. The molecule has 0 saturated heterocycles. The van der Waals surface area contributed by atoms with Crippen LogP contribution in [0.25, 0.3) is 0 Å². The molecule has 1 aromatic carbocycles. The van der Waals surface area contributed by atoms with E-state index >= 15 is 0 Å². The Labute approximate surface area is 131 Å². The molecule has 4 atom stereocenters. The second-order valence-corrected chi connectivity index (χ2v) is 6.78. The fourth-order valence-corrected chi connectivity index (χ4v) is 4.28. The van der Waals surface area contributed by atoms with Gasteiger partial charge in [-0.2, -0.15) is 0 Å². The molecule has 4 rings (SSSR count). The van der Waals surface area contributed by atoms with Gasteiger partial charge in [-0.1, -0.05) is 18.2 Å². The lowest BCUT2D eigenvalue weighted by Gasteiger charge is -2.35. The minimum Gasteiger partial charge on any atom is -0.493 e. The first-order valence-electron chi connectivity index (χ1n) is 8.02. The van der Waals surface area contributed by atoms with Crippen molar-refractivity contribution in [2.24, 2.45) is 0 Å². The topological polar surface area (TPSA) is 41.9 Å². The normalized spacial score (nSPS) is 36.3. The van der Waals surface area contributed by atoms with Crippen molar-refractivity contribution in [3.63, 3.8) is 0 Å². The van der Waals surface area contributed by atoms with Gasteiger partial charge < -0.3 is 14.6 Å². The number of benzene rings is 1. The molecule has 0 amide bonds. The van der Waals surface area contributed by atoms with Crippen LogP contribution >= 0.6 is 0 Å². The van der Waals surface area contributed by atoms with Gasteiger partial charge in [-0.15, -0.1) is 0 Å². The van der Waals surface area contributed by atoms with Crippen LogP contribution in [0.15, 0.2) is 24.3 Å². The van der Waals surface area contributed by atoms with Gasteiger partial charge in [0.2, 0.25) is 0 Å². The summed E-state index contributed by atoms with van der Waals surface area (Å²) in [5.74, 6) is 1.68. The molecular weight excluding hydrogens is 278 g/mol. The first-order chi connectivity index (χ1) is 10.6. The Balaban J connectivity index is 1.98. The van der Waals surface area contributed by atoms with E-state index in [0.29, 0.717) is 12.5 Å². The zero-order chi connectivity index (χ0) is 15.5. The molecule has 0 saturated carbocycles. The molecule has 4 unspecified atom stereocenters. The van der Waals surface area contributed by atoms with Gasteiger partial charge in [-0.05, 0) is 38.6 Å². The van der Waals surface area contributed by atoms with E-state index in [4.69, 9.17) is 9.47 Å². The SMILES string of the molecule is COc1ccc2c3c1OC1CC(O)C=CC31CCN(C)C2C. The van der Waals surface area contributed by atoms with E-state index in [-0.39, 0.29) is 11.5 Å². The van der Waals surface area contributed by atoms with Crippen molar-refractivity contribution in [3.8, 4) is 11.5 Å². The molecule has 22 heavy (non-hydrogen) atoms. The molecule has 4 heteroatoms. The molecule has 3 aliphatic rings. The van der Waals surface area contributed by atoms with Crippen LogP contribution in [0.3, 0.4) is 0 Å². The maximum Gasteiger partial charge on any atom is 0.166 e. The number of hydrogen-bond donors (Lipinski definition) is 1. The molecule has 1 aromatic rings. The zero-order valence-corrected chi connectivity index (χ0v) is 13.4. The molecule has 1 spiro atoms. The Morgan fingerprint density at radius 2 is 2.23 bits per heavy atom. The monoisotopic (exact) mass is 301 g/mol. The summed E-state index contributed by atoms with van der Waals surface area (Å²) in [5.41, 5.74) is 2.47. The summed E-state index contributed by atoms with van der Waals surface area (Å²) in [5, 5.41) is 10.0. The average Bonchev–Trinajstić information content (AvgIpc) is 2.80. The molecule has 4 nitrogen and oxygen atoms in total. The lowest BCUT2D eigenvalue weighted by atomic mass is 9.69. The van der Waals surface area contributed by atoms with Crippen molar-refractivity contribution in [2.75, 3.05) is 20.7 Å². The number of methoxy groups -OCH3 is 1. The summed E-state index contributed by atoms with van der Waals surface area (Å²) in [6.07, 6.45) is 5.36. The fraction of sp³-hybridized carbons (Fsp3) is 0.556. The number of nitrogens with zero attached hydrogens (tertiary/aromatic N) is 1. The first kappa shape index (κ1) is 14.1. The van der Waals surface area contributed by atoms with Crippen LogP contribution in [0.1, 0.15) is 36.9 Å². The molecule has 2 heterocycles. The van der Waals surface area contributed by atoms with E-state index in [9.17, 15) is 5.11 Å². The van der Waals surface area contributed by atoms with E-state index in [0.717, 1.165) is 24.5 Å². The van der Waals surface area contributed by atoms with Crippen LogP contribution < -0.4 is 9.47 Å². The Morgan fingerprint density at radius 3 is 3.00 bits per heavy atom. The van der Waals surface area contributed by atoms with Gasteiger partial charge in [0.15, 0.2) is 11.5 Å². The molecule has 1 aliphatic carbocycles. The van der Waals surface area contributed by atoms with Crippen LogP contribution in [0.2, 0.25) is 0 Å². The first-order valence-corrected chi connectivity index (χ1v) is 8.02. The van der Waals surface area contributed by atoms with Crippen molar-refractivity contribution in [1.82, 2.24) is 4.90 Å². The van der Waals surface area contributed by atoms with Crippen molar-refractivity contribution in [3.05, 3.63) is 35.4 Å². The van der Waals surface area contributed by atoms with Crippen LogP contribution in [-0.4, -0.2) is 42.9 Å². The second kappa shape index (κ2) is 4.74. The van der Waals surface area contributed by atoms with Gasteiger partial charge in [0.25, 0.3) is 0 Å². The van der Waals surface area contributed by atoms with Crippen LogP contribution in [0.4, 0.5) is 0 Å². The van der Waals surface area contributed by atoms with Crippen molar-refractivity contribution in [1.29, 1.82) is 0 Å². The Kier molecular flexibility index (Phi) is 3.03. The van der Waals surface area contributed by atoms with Gasteiger partial charge in [0.1, 0.15) is 6.10 Å². The number of aliphatic hydroxyl groups excluding tert-OH is 1. The molecule has 0 aromatic heterocycles. The van der Waals surface area contributed by atoms with Gasteiger partial charge in [0, 0.05) is 18.0 Å². The number of ether oxygens (including phenoxy) is 2. The second-order valence-electron chi connectivity index (χ2n) is 6.78. The maximum absolute atomic E-state index is 10.0. The lowest BCUT2D eigenvalue weighted by molar-refractivity contribution is 0.0813. The molecule has 0 radical (unpaired) electrons. The third kappa shape index (κ3) is 1.71. The molecule has 1 N–H and O–H groups in total. The Hall–Kier alpha value is -1.52. The standard InChI is InChI=1S/C18H23NO3/c1-11-13-4-5-14(21-3)17-16(13)18(8-9-19(11)2)7-6-12(20)10-15(18)22-17/h4-7,11-12,15,20H,8-10H2,1-3H3. The number of rotatable bonds is 1. The summed E-state index contributed by atoms with van der Waals surface area (Å²) in [6.45, 7) is 3.26. The average molecular weight is 301 g/mol. The minimum atomic E-state index is -0.419. The number of hydrogen-bond acceptors (Lipinski definition) is 4. The largest absolute Gasteiger partial charge is 0.493 e. The van der Waals surface area contributed by atoms with Gasteiger partial charge >= 0.3 is 0 Å². The summed E-state index contributed by atoms with van der Waals surface area (Å²) in [7, 11) is 3.86. The lowest BCUT2D eigenvalue weighted by Crippen LogP contribution is -2.42. The van der Waals surface area contributed by atoms with Gasteiger partial charge in [0.05, 0.1) is 18.6 Å². The van der Waals surface area contributed by atoms with Crippen LogP contribution in [0, 0.1) is 0 Å². The molecule has 0 bridgehead atoms. The van der Waals surface area contributed by atoms with Crippen LogP contribution in [-0.2, 0) is 5.41 Å². The predicted octanol–water partition coefficient (Wildman–Crippen LogP) is 2.41. The zero-order valence-electron chi connectivity index (χ0n) is 13.4. The van der Waals surface area contributed by atoms with Gasteiger partial charge in [-0.25, -0.2) is 0 Å². The van der Waals surface area contributed by atoms with Gasteiger partial charge in [-0.3, -0.25) is 4.90 Å². The summed E-state index contributed by atoms with van der Waals surface area (Å²) in [6, 6.07) is 4.53. The van der Waals surface area contributed by atoms with Crippen LogP contribution in [0.5, 0.6) is 11.5 Å². The fourth-order valence-electron chi connectivity index (χ4n) is 4.28. The quantitative estimate of drug-likeness (QED) is 0.809. The van der Waals surface area contributed by atoms with E-state index < -0.39 is 6.10 Å². The minimum absolute atomic E-state index is 0.00347. The predicted molar refractivity (Wildman–Crippen MR) is 84.5 cm³/mol. The molecule has 118 valence electrons. The smallest absolute Gasteiger partial charge is 0.166 e. The molecular formula is C18H23NO3. The van der Waals surface area contributed by atoms with E-state index in [1.54, 1.807) is 7.11 Å². The number of aliphatic hydroxyl groups is 1. The molecule has 0 fully saturated rings.